The Kier molecular flexibility index (Phi) is 1.26. The van der Waals surface area contributed by atoms with Crippen molar-refractivity contribution < 1.29 is 4.74 Å². The van der Waals surface area contributed by atoms with Crippen LogP contribution in [0, 0.1) is 10.8 Å². The van der Waals surface area contributed by atoms with Gasteiger partial charge in [-0.15, -0.1) is 0 Å². The lowest BCUT2D eigenvalue weighted by atomic mass is 9.61. The SMILES string of the molecule is C1=CC23C=CC=CC2(C=C1)COC3. The van der Waals surface area contributed by atoms with Gasteiger partial charge in [-0.05, 0) is 0 Å². The topological polar surface area (TPSA) is 9.23 Å². The summed E-state index contributed by atoms with van der Waals surface area (Å²) < 4.78 is 5.62. The summed E-state index contributed by atoms with van der Waals surface area (Å²) in [5.74, 6) is 0. The Hall–Kier alpha value is -1.08. The highest BCUT2D eigenvalue weighted by molar-refractivity contribution is 5.41. The largest absolute Gasteiger partial charge is 0.379 e. The molecule has 0 aromatic carbocycles. The quantitative estimate of drug-likeness (QED) is 0.544. The molecule has 0 N–H and O–H groups in total. The minimum absolute atomic E-state index is 0.108. The van der Waals surface area contributed by atoms with Crippen molar-refractivity contribution in [3.63, 3.8) is 0 Å². The first-order valence-electron chi connectivity index (χ1n) is 4.69. The molecule has 1 nitrogen and oxygen atoms in total. The van der Waals surface area contributed by atoms with Gasteiger partial charge in [0.2, 0.25) is 0 Å². The van der Waals surface area contributed by atoms with Crippen LogP contribution < -0.4 is 0 Å². The lowest BCUT2D eigenvalue weighted by Crippen LogP contribution is -2.37. The zero-order chi connectivity index (χ0) is 8.78. The fourth-order valence-electron chi connectivity index (χ4n) is 2.49. The Labute approximate surface area is 78.1 Å². The summed E-state index contributed by atoms with van der Waals surface area (Å²) in [7, 11) is 0. The van der Waals surface area contributed by atoms with Gasteiger partial charge in [-0.3, -0.25) is 0 Å². The number of ether oxygens (including phenoxy) is 1. The third kappa shape index (κ3) is 0.755. The van der Waals surface area contributed by atoms with Crippen LogP contribution in [0.1, 0.15) is 0 Å². The van der Waals surface area contributed by atoms with Gasteiger partial charge in [0.15, 0.2) is 0 Å². The first-order valence-corrected chi connectivity index (χ1v) is 4.69. The van der Waals surface area contributed by atoms with Crippen LogP contribution in [0.2, 0.25) is 0 Å². The maximum atomic E-state index is 5.62. The number of allylic oxidation sites excluding steroid dienone is 4. The number of rotatable bonds is 0. The van der Waals surface area contributed by atoms with Crippen LogP contribution in [-0.4, -0.2) is 13.2 Å². The van der Waals surface area contributed by atoms with Gasteiger partial charge in [-0.2, -0.15) is 0 Å². The van der Waals surface area contributed by atoms with Crippen molar-refractivity contribution >= 4 is 0 Å². The molecule has 13 heavy (non-hydrogen) atoms. The highest BCUT2D eigenvalue weighted by Crippen LogP contribution is 2.52. The highest BCUT2D eigenvalue weighted by Gasteiger charge is 2.51. The minimum Gasteiger partial charge on any atom is -0.379 e. The van der Waals surface area contributed by atoms with Crippen molar-refractivity contribution in [2.75, 3.05) is 13.2 Å². The molecule has 0 aromatic rings. The van der Waals surface area contributed by atoms with Gasteiger partial charge in [0.1, 0.15) is 0 Å². The summed E-state index contributed by atoms with van der Waals surface area (Å²) >= 11 is 0. The molecule has 0 saturated carbocycles. The van der Waals surface area contributed by atoms with Crippen LogP contribution in [0.15, 0.2) is 48.6 Å². The standard InChI is InChI=1S/C12H12O/c1-2-6-12-8-4-3-7-11(12,5-1)9-13-10-12/h1-8H,9-10H2. The highest BCUT2D eigenvalue weighted by atomic mass is 16.5. The zero-order valence-electron chi connectivity index (χ0n) is 7.44. The molecule has 3 aliphatic rings. The molecule has 0 spiro atoms. The molecule has 0 atom stereocenters. The Balaban J connectivity index is 2.21. The molecule has 66 valence electrons. The van der Waals surface area contributed by atoms with E-state index in [0.29, 0.717) is 0 Å². The first kappa shape index (κ1) is 7.34. The zero-order valence-corrected chi connectivity index (χ0v) is 7.44. The fraction of sp³-hybridized carbons (Fsp3) is 0.333. The van der Waals surface area contributed by atoms with Crippen LogP contribution in [-0.2, 0) is 4.74 Å². The second-order valence-electron chi connectivity index (χ2n) is 4.01. The van der Waals surface area contributed by atoms with Gasteiger partial charge in [0, 0.05) is 10.8 Å². The molecule has 0 unspecified atom stereocenters. The molecule has 1 heterocycles. The van der Waals surface area contributed by atoms with Crippen molar-refractivity contribution in [3.05, 3.63) is 48.6 Å². The molecule has 0 radical (unpaired) electrons. The minimum atomic E-state index is 0.108. The van der Waals surface area contributed by atoms with Crippen molar-refractivity contribution in [2.45, 2.75) is 0 Å². The van der Waals surface area contributed by atoms with E-state index in [0.717, 1.165) is 13.2 Å². The predicted molar refractivity (Wildman–Crippen MR) is 52.2 cm³/mol. The second-order valence-corrected chi connectivity index (χ2v) is 4.01. The number of hydrogen-bond donors (Lipinski definition) is 0. The van der Waals surface area contributed by atoms with Crippen LogP contribution in [0.3, 0.4) is 0 Å². The third-order valence-electron chi connectivity index (χ3n) is 3.35. The third-order valence-corrected chi connectivity index (χ3v) is 3.35. The van der Waals surface area contributed by atoms with Gasteiger partial charge in [0.25, 0.3) is 0 Å². The summed E-state index contributed by atoms with van der Waals surface area (Å²) in [6.45, 7) is 1.63. The van der Waals surface area contributed by atoms with E-state index in [9.17, 15) is 0 Å². The van der Waals surface area contributed by atoms with Crippen LogP contribution in [0.5, 0.6) is 0 Å². The molecule has 1 fully saturated rings. The fourth-order valence-corrected chi connectivity index (χ4v) is 2.49. The van der Waals surface area contributed by atoms with E-state index in [-0.39, 0.29) is 10.8 Å². The summed E-state index contributed by atoms with van der Waals surface area (Å²) in [6.07, 6.45) is 17.5. The van der Waals surface area contributed by atoms with E-state index in [2.05, 4.69) is 48.6 Å². The van der Waals surface area contributed by atoms with E-state index in [1.807, 2.05) is 0 Å². The van der Waals surface area contributed by atoms with Gasteiger partial charge in [-0.25, -0.2) is 0 Å². The maximum Gasteiger partial charge on any atom is 0.0605 e. The normalized spacial score (nSPS) is 44.9. The average Bonchev–Trinajstić information content (AvgIpc) is 2.56. The average molecular weight is 172 g/mol. The van der Waals surface area contributed by atoms with Gasteiger partial charge in [0.05, 0.1) is 13.2 Å². The molecule has 1 saturated heterocycles. The van der Waals surface area contributed by atoms with Gasteiger partial charge in [-0.1, -0.05) is 48.6 Å². The Morgan fingerprint density at radius 3 is 1.46 bits per heavy atom. The maximum absolute atomic E-state index is 5.62. The van der Waals surface area contributed by atoms with Crippen LogP contribution in [0.25, 0.3) is 0 Å². The van der Waals surface area contributed by atoms with Crippen molar-refractivity contribution in [1.29, 1.82) is 0 Å². The van der Waals surface area contributed by atoms with E-state index in [1.54, 1.807) is 0 Å². The molecular formula is C12H12O. The summed E-state index contributed by atoms with van der Waals surface area (Å²) in [5, 5.41) is 0. The van der Waals surface area contributed by atoms with Crippen LogP contribution in [0.4, 0.5) is 0 Å². The van der Waals surface area contributed by atoms with E-state index >= 15 is 0 Å². The van der Waals surface area contributed by atoms with Crippen molar-refractivity contribution in [1.82, 2.24) is 0 Å². The van der Waals surface area contributed by atoms with Crippen LogP contribution >= 0.6 is 0 Å². The molecular weight excluding hydrogens is 160 g/mol. The van der Waals surface area contributed by atoms with Crippen molar-refractivity contribution in [2.24, 2.45) is 10.8 Å². The second kappa shape index (κ2) is 2.24. The van der Waals surface area contributed by atoms with Gasteiger partial charge >= 0.3 is 0 Å². The Bertz CT molecular complexity index is 286. The Morgan fingerprint density at radius 1 is 0.692 bits per heavy atom. The summed E-state index contributed by atoms with van der Waals surface area (Å²) in [6, 6.07) is 0. The van der Waals surface area contributed by atoms with Gasteiger partial charge < -0.3 is 4.74 Å². The molecule has 1 heteroatoms. The van der Waals surface area contributed by atoms with Crippen molar-refractivity contribution in [3.8, 4) is 0 Å². The summed E-state index contributed by atoms with van der Waals surface area (Å²) in [4.78, 5) is 0. The predicted octanol–water partition coefficient (Wildman–Crippen LogP) is 2.24. The molecule has 0 amide bonds. The number of hydrogen-bond acceptors (Lipinski definition) is 1. The first-order chi connectivity index (χ1) is 6.37. The summed E-state index contributed by atoms with van der Waals surface area (Å²) in [5.41, 5.74) is 0.215. The molecule has 2 aliphatic carbocycles. The molecule has 0 aromatic heterocycles. The Morgan fingerprint density at radius 2 is 1.08 bits per heavy atom. The smallest absolute Gasteiger partial charge is 0.0605 e. The lowest BCUT2D eigenvalue weighted by molar-refractivity contribution is 0.176. The molecule has 1 aliphatic heterocycles. The lowest BCUT2D eigenvalue weighted by Gasteiger charge is -2.39. The van der Waals surface area contributed by atoms with E-state index in [4.69, 9.17) is 4.74 Å². The molecule has 0 bridgehead atoms. The van der Waals surface area contributed by atoms with E-state index < -0.39 is 0 Å². The molecule has 3 rings (SSSR count). The van der Waals surface area contributed by atoms with E-state index in [1.165, 1.54) is 0 Å². The monoisotopic (exact) mass is 172 g/mol.